The van der Waals surface area contributed by atoms with E-state index in [1.54, 1.807) is 6.20 Å². The molecule has 0 aliphatic carbocycles. The number of nitrogens with zero attached hydrogens (tertiary/aromatic N) is 3. The summed E-state index contributed by atoms with van der Waals surface area (Å²) in [7, 11) is 0. The fourth-order valence-corrected chi connectivity index (χ4v) is 3.55. The summed E-state index contributed by atoms with van der Waals surface area (Å²) in [6.07, 6.45) is 4.27. The number of H-pyrrole nitrogens is 1. The standard InChI is InChI=1S/C20H20N4O2/c25-19(24-13-5-9-18(24)16-8-3-4-12-21-16)11-10-17-20(26)23-15-7-2-1-6-14(15)22-17/h1-4,6-8,12,18H,5,9-11,13H2,(H,23,26)/t18-/m0/s1. The van der Waals surface area contributed by atoms with Crippen LogP contribution in [0, 0.1) is 0 Å². The monoisotopic (exact) mass is 348 g/mol. The quantitative estimate of drug-likeness (QED) is 0.786. The second-order valence-corrected chi connectivity index (χ2v) is 6.53. The number of aromatic nitrogens is 3. The molecule has 1 aromatic carbocycles. The van der Waals surface area contributed by atoms with E-state index >= 15 is 0 Å². The Morgan fingerprint density at radius 1 is 1.19 bits per heavy atom. The normalized spacial score (nSPS) is 16.9. The van der Waals surface area contributed by atoms with Crippen molar-refractivity contribution in [3.63, 3.8) is 0 Å². The lowest BCUT2D eigenvalue weighted by Gasteiger charge is -2.24. The molecule has 1 aliphatic rings. The fraction of sp³-hybridized carbons (Fsp3) is 0.300. The topological polar surface area (TPSA) is 79.0 Å². The Morgan fingerprint density at radius 2 is 2.04 bits per heavy atom. The second kappa shape index (κ2) is 7.07. The first-order chi connectivity index (χ1) is 12.7. The maximum Gasteiger partial charge on any atom is 0.270 e. The Balaban J connectivity index is 1.48. The first-order valence-electron chi connectivity index (χ1n) is 8.91. The number of fused-ring (bicyclic) bond motifs is 1. The molecule has 0 unspecified atom stereocenters. The molecule has 1 amide bonds. The lowest BCUT2D eigenvalue weighted by atomic mass is 10.1. The average Bonchev–Trinajstić information content (AvgIpc) is 3.17. The third-order valence-electron chi connectivity index (χ3n) is 4.85. The van der Waals surface area contributed by atoms with Crippen LogP contribution in [0.4, 0.5) is 0 Å². The molecule has 26 heavy (non-hydrogen) atoms. The van der Waals surface area contributed by atoms with E-state index in [2.05, 4.69) is 15.0 Å². The largest absolute Gasteiger partial charge is 0.334 e. The van der Waals surface area contributed by atoms with Gasteiger partial charge in [-0.3, -0.25) is 14.6 Å². The summed E-state index contributed by atoms with van der Waals surface area (Å²) < 4.78 is 0. The van der Waals surface area contributed by atoms with E-state index in [9.17, 15) is 9.59 Å². The smallest absolute Gasteiger partial charge is 0.270 e. The van der Waals surface area contributed by atoms with Crippen LogP contribution in [0.1, 0.15) is 36.7 Å². The Labute approximate surface area is 150 Å². The predicted molar refractivity (Wildman–Crippen MR) is 98.6 cm³/mol. The SMILES string of the molecule is O=C(CCc1nc2ccccc2[nH]c1=O)N1CCC[C@H]1c1ccccn1. The van der Waals surface area contributed by atoms with Gasteiger partial charge in [-0.25, -0.2) is 4.98 Å². The van der Waals surface area contributed by atoms with E-state index in [4.69, 9.17) is 0 Å². The lowest BCUT2D eigenvalue weighted by Crippen LogP contribution is -2.31. The van der Waals surface area contributed by atoms with Gasteiger partial charge in [-0.2, -0.15) is 0 Å². The van der Waals surface area contributed by atoms with E-state index in [1.165, 1.54) is 0 Å². The second-order valence-electron chi connectivity index (χ2n) is 6.53. The molecule has 132 valence electrons. The number of hydrogen-bond acceptors (Lipinski definition) is 4. The summed E-state index contributed by atoms with van der Waals surface area (Å²) in [5.41, 5.74) is 2.56. The highest BCUT2D eigenvalue weighted by atomic mass is 16.2. The summed E-state index contributed by atoms with van der Waals surface area (Å²) in [6.45, 7) is 0.738. The zero-order valence-electron chi connectivity index (χ0n) is 14.4. The number of rotatable bonds is 4. The van der Waals surface area contributed by atoms with E-state index in [-0.39, 0.29) is 23.9 Å². The van der Waals surface area contributed by atoms with Crippen molar-refractivity contribution in [3.05, 3.63) is 70.4 Å². The molecule has 4 rings (SSSR count). The van der Waals surface area contributed by atoms with Gasteiger partial charge in [-0.15, -0.1) is 0 Å². The van der Waals surface area contributed by atoms with Crippen molar-refractivity contribution in [2.45, 2.75) is 31.7 Å². The van der Waals surface area contributed by atoms with Crippen molar-refractivity contribution >= 4 is 16.9 Å². The fourth-order valence-electron chi connectivity index (χ4n) is 3.55. The van der Waals surface area contributed by atoms with Gasteiger partial charge in [-0.1, -0.05) is 18.2 Å². The van der Waals surface area contributed by atoms with Gasteiger partial charge in [0.2, 0.25) is 5.91 Å². The number of amides is 1. The number of aryl methyl sites for hydroxylation is 1. The highest BCUT2D eigenvalue weighted by Crippen LogP contribution is 2.31. The average molecular weight is 348 g/mol. The first-order valence-corrected chi connectivity index (χ1v) is 8.91. The number of nitrogens with one attached hydrogen (secondary N) is 1. The minimum atomic E-state index is -0.223. The number of para-hydroxylation sites is 2. The molecule has 6 heteroatoms. The summed E-state index contributed by atoms with van der Waals surface area (Å²) in [5, 5.41) is 0. The minimum absolute atomic E-state index is 0.0338. The van der Waals surface area contributed by atoms with Crippen LogP contribution in [-0.2, 0) is 11.2 Å². The first kappa shape index (κ1) is 16.4. The van der Waals surface area contributed by atoms with E-state index in [1.807, 2.05) is 47.4 Å². The highest BCUT2D eigenvalue weighted by molar-refractivity contribution is 5.77. The molecule has 1 aliphatic heterocycles. The summed E-state index contributed by atoms with van der Waals surface area (Å²) in [4.78, 5) is 38.5. The van der Waals surface area contributed by atoms with Crippen LogP contribution in [0.25, 0.3) is 11.0 Å². The Bertz CT molecular complexity index is 984. The van der Waals surface area contributed by atoms with Crippen LogP contribution in [0.2, 0.25) is 0 Å². The van der Waals surface area contributed by atoms with E-state index < -0.39 is 0 Å². The van der Waals surface area contributed by atoms with Crippen molar-refractivity contribution in [2.75, 3.05) is 6.54 Å². The number of aromatic amines is 1. The maximum absolute atomic E-state index is 12.7. The molecule has 0 saturated carbocycles. The van der Waals surface area contributed by atoms with Crippen molar-refractivity contribution in [1.29, 1.82) is 0 Å². The highest BCUT2D eigenvalue weighted by Gasteiger charge is 2.30. The molecule has 0 radical (unpaired) electrons. The molecule has 1 saturated heterocycles. The van der Waals surface area contributed by atoms with Gasteiger partial charge in [0, 0.05) is 25.6 Å². The molecule has 3 heterocycles. The number of benzene rings is 1. The Kier molecular flexibility index (Phi) is 4.48. The van der Waals surface area contributed by atoms with E-state index in [0.29, 0.717) is 17.6 Å². The third kappa shape index (κ3) is 3.22. The molecule has 6 nitrogen and oxygen atoms in total. The maximum atomic E-state index is 12.7. The lowest BCUT2D eigenvalue weighted by molar-refractivity contribution is -0.132. The van der Waals surface area contributed by atoms with Gasteiger partial charge in [0.05, 0.1) is 22.8 Å². The molecule has 0 bridgehead atoms. The van der Waals surface area contributed by atoms with Gasteiger partial charge in [0.25, 0.3) is 5.56 Å². The summed E-state index contributed by atoms with van der Waals surface area (Å²) >= 11 is 0. The molecular formula is C20H20N4O2. The van der Waals surface area contributed by atoms with Gasteiger partial charge in [0.15, 0.2) is 0 Å². The predicted octanol–water partition coefficient (Wildman–Crippen LogP) is 2.61. The van der Waals surface area contributed by atoms with Gasteiger partial charge >= 0.3 is 0 Å². The van der Waals surface area contributed by atoms with E-state index in [0.717, 1.165) is 30.6 Å². The van der Waals surface area contributed by atoms with Crippen LogP contribution in [0.5, 0.6) is 0 Å². The zero-order valence-corrected chi connectivity index (χ0v) is 14.4. The number of carbonyl (C=O) groups excluding carboxylic acids is 1. The van der Waals surface area contributed by atoms with Gasteiger partial charge in [-0.05, 0) is 37.1 Å². The van der Waals surface area contributed by atoms with Crippen LogP contribution in [0.15, 0.2) is 53.5 Å². The molecule has 1 N–H and O–H groups in total. The third-order valence-corrected chi connectivity index (χ3v) is 4.85. The molecule has 0 spiro atoms. The van der Waals surface area contributed by atoms with Crippen LogP contribution < -0.4 is 5.56 Å². The Hall–Kier alpha value is -3.02. The summed E-state index contributed by atoms with van der Waals surface area (Å²) in [6, 6.07) is 13.2. The van der Waals surface area contributed by atoms with Crippen LogP contribution in [0.3, 0.4) is 0 Å². The molecular weight excluding hydrogens is 328 g/mol. The minimum Gasteiger partial charge on any atom is -0.334 e. The number of carbonyl (C=O) groups is 1. The molecule has 2 aromatic heterocycles. The van der Waals surface area contributed by atoms with Gasteiger partial charge < -0.3 is 9.88 Å². The number of pyridine rings is 1. The number of likely N-dealkylation sites (tertiary alicyclic amines) is 1. The van der Waals surface area contributed by atoms with Crippen LogP contribution >= 0.6 is 0 Å². The number of hydrogen-bond donors (Lipinski definition) is 1. The zero-order chi connectivity index (χ0) is 17.9. The van der Waals surface area contributed by atoms with Crippen molar-refractivity contribution in [2.24, 2.45) is 0 Å². The molecule has 1 fully saturated rings. The summed E-state index contributed by atoms with van der Waals surface area (Å²) in [5.74, 6) is 0.0486. The van der Waals surface area contributed by atoms with Crippen molar-refractivity contribution in [3.8, 4) is 0 Å². The van der Waals surface area contributed by atoms with Gasteiger partial charge in [0.1, 0.15) is 5.69 Å². The van der Waals surface area contributed by atoms with Crippen molar-refractivity contribution in [1.82, 2.24) is 19.9 Å². The Morgan fingerprint density at radius 3 is 2.88 bits per heavy atom. The molecule has 3 aromatic rings. The van der Waals surface area contributed by atoms with Crippen LogP contribution in [-0.4, -0.2) is 32.3 Å². The van der Waals surface area contributed by atoms with Crippen molar-refractivity contribution < 1.29 is 4.79 Å². The molecule has 1 atom stereocenters.